The van der Waals surface area contributed by atoms with Gasteiger partial charge < -0.3 is 15.0 Å². The van der Waals surface area contributed by atoms with E-state index in [1.807, 2.05) is 0 Å². The molecule has 0 bridgehead atoms. The molecule has 1 amide bonds. The lowest BCUT2D eigenvalue weighted by Gasteiger charge is -2.40. The molecular formula is C16H19IN2O2. The first-order valence-corrected chi connectivity index (χ1v) is 8.73. The Labute approximate surface area is 138 Å². The number of hydrogen-bond acceptors (Lipinski definition) is 3. The van der Waals surface area contributed by atoms with E-state index >= 15 is 0 Å². The summed E-state index contributed by atoms with van der Waals surface area (Å²) in [6, 6.07) is 4.25. The Balaban J connectivity index is 1.52. The van der Waals surface area contributed by atoms with E-state index in [-0.39, 0.29) is 5.91 Å². The molecule has 2 saturated heterocycles. The van der Waals surface area contributed by atoms with Gasteiger partial charge in [-0.25, -0.2) is 0 Å². The van der Waals surface area contributed by atoms with Crippen LogP contribution in [0.3, 0.4) is 0 Å². The van der Waals surface area contributed by atoms with Crippen LogP contribution < -0.4 is 10.2 Å². The number of carbonyl (C=O) groups is 1. The minimum absolute atomic E-state index is 0.0733. The topological polar surface area (TPSA) is 41.6 Å². The summed E-state index contributed by atoms with van der Waals surface area (Å²) in [5, 5.41) is 2.90. The number of hydrogen-bond donors (Lipinski definition) is 1. The fourth-order valence-electron chi connectivity index (χ4n) is 3.61. The minimum Gasteiger partial charge on any atom is -0.381 e. The zero-order chi connectivity index (χ0) is 14.4. The normalized spacial score (nSPS) is 22.9. The number of ether oxygens (including phenoxy) is 1. The minimum atomic E-state index is 0.0733. The van der Waals surface area contributed by atoms with E-state index in [4.69, 9.17) is 4.74 Å². The molecule has 0 radical (unpaired) electrons. The lowest BCUT2D eigenvalue weighted by Crippen LogP contribution is -2.42. The van der Waals surface area contributed by atoms with E-state index in [1.54, 1.807) is 0 Å². The van der Waals surface area contributed by atoms with Crippen LogP contribution in [0.25, 0.3) is 0 Å². The quantitative estimate of drug-likeness (QED) is 0.779. The van der Waals surface area contributed by atoms with Gasteiger partial charge in [0.25, 0.3) is 5.91 Å². The van der Waals surface area contributed by atoms with E-state index in [0.717, 1.165) is 49.3 Å². The van der Waals surface area contributed by atoms with Crippen molar-refractivity contribution in [3.05, 3.63) is 26.8 Å². The molecule has 0 aromatic heterocycles. The number of anilines is 1. The van der Waals surface area contributed by atoms with Gasteiger partial charge in [0, 0.05) is 34.7 Å². The van der Waals surface area contributed by atoms with Gasteiger partial charge in [-0.1, -0.05) is 0 Å². The van der Waals surface area contributed by atoms with Crippen LogP contribution in [0.15, 0.2) is 12.1 Å². The summed E-state index contributed by atoms with van der Waals surface area (Å²) in [5.74, 6) is 1.69. The van der Waals surface area contributed by atoms with Gasteiger partial charge in [0.2, 0.25) is 0 Å². The molecule has 0 atom stereocenters. The number of rotatable bonds is 2. The maximum Gasteiger partial charge on any atom is 0.251 e. The third-order valence-corrected chi connectivity index (χ3v) is 5.93. The van der Waals surface area contributed by atoms with Crippen molar-refractivity contribution in [1.82, 2.24) is 5.32 Å². The van der Waals surface area contributed by atoms with Crippen LogP contribution in [0.1, 0.15) is 28.8 Å². The van der Waals surface area contributed by atoms with Crippen molar-refractivity contribution in [1.29, 1.82) is 0 Å². The van der Waals surface area contributed by atoms with Crippen LogP contribution in [0.2, 0.25) is 0 Å². The lowest BCUT2D eigenvalue weighted by atomic mass is 9.83. The standard InChI is InChI=1S/C16H19IN2O2/c17-14-5-11-7-18-16(20)13(11)6-15(14)19-3-1-10(2-4-19)12-8-21-9-12/h5-6,10,12H,1-4,7-9H2,(H,18,20). The molecule has 0 spiro atoms. The average Bonchev–Trinajstić information content (AvgIpc) is 2.78. The molecule has 4 rings (SSSR count). The number of nitrogens with one attached hydrogen (secondary N) is 1. The predicted octanol–water partition coefficient (Wildman–Crippen LogP) is 2.40. The van der Waals surface area contributed by atoms with Gasteiger partial charge in [0.1, 0.15) is 0 Å². The van der Waals surface area contributed by atoms with Crippen LogP contribution in [0.4, 0.5) is 5.69 Å². The highest BCUT2D eigenvalue weighted by atomic mass is 127. The summed E-state index contributed by atoms with van der Waals surface area (Å²) in [5.41, 5.74) is 3.23. The summed E-state index contributed by atoms with van der Waals surface area (Å²) in [6.45, 7) is 4.78. The molecule has 0 saturated carbocycles. The van der Waals surface area contributed by atoms with Crippen molar-refractivity contribution >= 4 is 34.2 Å². The number of halogens is 1. The summed E-state index contributed by atoms with van der Waals surface area (Å²) in [4.78, 5) is 14.3. The van der Waals surface area contributed by atoms with Gasteiger partial charge in [-0.15, -0.1) is 0 Å². The Hall–Kier alpha value is -0.820. The summed E-state index contributed by atoms with van der Waals surface area (Å²) < 4.78 is 6.58. The van der Waals surface area contributed by atoms with Crippen LogP contribution in [-0.2, 0) is 11.3 Å². The third kappa shape index (κ3) is 2.44. The molecule has 0 aliphatic carbocycles. The largest absolute Gasteiger partial charge is 0.381 e. The van der Waals surface area contributed by atoms with Crippen LogP contribution >= 0.6 is 22.6 Å². The Morgan fingerprint density at radius 3 is 2.62 bits per heavy atom. The first-order valence-electron chi connectivity index (χ1n) is 7.65. The van der Waals surface area contributed by atoms with E-state index in [2.05, 4.69) is 44.9 Å². The molecule has 3 aliphatic heterocycles. The SMILES string of the molecule is O=C1NCc2cc(I)c(N3CCC(C4COC4)CC3)cc21. The van der Waals surface area contributed by atoms with E-state index in [1.165, 1.54) is 22.1 Å². The fourth-order valence-corrected chi connectivity index (χ4v) is 4.48. The molecule has 0 unspecified atom stereocenters. The molecule has 112 valence electrons. The number of nitrogens with zero attached hydrogens (tertiary/aromatic N) is 1. The molecular weight excluding hydrogens is 379 g/mol. The number of piperidine rings is 1. The molecule has 1 aromatic rings. The van der Waals surface area contributed by atoms with Crippen molar-refractivity contribution in [3.8, 4) is 0 Å². The second-order valence-corrected chi connectivity index (χ2v) is 7.43. The van der Waals surface area contributed by atoms with Gasteiger partial charge in [-0.3, -0.25) is 4.79 Å². The number of benzene rings is 1. The highest BCUT2D eigenvalue weighted by Gasteiger charge is 2.32. The van der Waals surface area contributed by atoms with Gasteiger partial charge in [-0.05, 0) is 59.0 Å². The highest BCUT2D eigenvalue weighted by molar-refractivity contribution is 14.1. The van der Waals surface area contributed by atoms with Crippen LogP contribution in [0, 0.1) is 15.4 Å². The third-order valence-electron chi connectivity index (χ3n) is 5.07. The molecule has 1 N–H and O–H groups in total. The van der Waals surface area contributed by atoms with Gasteiger partial charge in [-0.2, -0.15) is 0 Å². The molecule has 21 heavy (non-hydrogen) atoms. The maximum atomic E-state index is 11.9. The smallest absolute Gasteiger partial charge is 0.251 e. The summed E-state index contributed by atoms with van der Waals surface area (Å²) in [6.07, 6.45) is 2.49. The molecule has 1 aromatic carbocycles. The second-order valence-electron chi connectivity index (χ2n) is 6.27. The molecule has 2 fully saturated rings. The number of fused-ring (bicyclic) bond motifs is 1. The molecule has 3 heterocycles. The van der Waals surface area contributed by atoms with Crippen molar-refractivity contribution < 1.29 is 9.53 Å². The van der Waals surface area contributed by atoms with Crippen molar-refractivity contribution in [2.24, 2.45) is 11.8 Å². The second kappa shape index (κ2) is 5.43. The summed E-state index contributed by atoms with van der Waals surface area (Å²) in [7, 11) is 0. The van der Waals surface area contributed by atoms with E-state index < -0.39 is 0 Å². The first-order chi connectivity index (χ1) is 10.2. The lowest BCUT2D eigenvalue weighted by molar-refractivity contribution is -0.0650. The molecule has 4 nitrogen and oxygen atoms in total. The Kier molecular flexibility index (Phi) is 3.57. The van der Waals surface area contributed by atoms with Gasteiger partial charge >= 0.3 is 0 Å². The number of amides is 1. The highest BCUT2D eigenvalue weighted by Crippen LogP contribution is 2.35. The predicted molar refractivity (Wildman–Crippen MR) is 89.6 cm³/mol. The van der Waals surface area contributed by atoms with Crippen LogP contribution in [0.5, 0.6) is 0 Å². The molecule has 3 aliphatic rings. The van der Waals surface area contributed by atoms with Crippen molar-refractivity contribution in [2.75, 3.05) is 31.2 Å². The van der Waals surface area contributed by atoms with Crippen molar-refractivity contribution in [3.63, 3.8) is 0 Å². The monoisotopic (exact) mass is 398 g/mol. The number of carbonyl (C=O) groups excluding carboxylic acids is 1. The zero-order valence-electron chi connectivity index (χ0n) is 11.9. The van der Waals surface area contributed by atoms with Crippen molar-refractivity contribution in [2.45, 2.75) is 19.4 Å². The Bertz CT molecular complexity index is 578. The Morgan fingerprint density at radius 1 is 1.19 bits per heavy atom. The summed E-state index contributed by atoms with van der Waals surface area (Å²) >= 11 is 2.40. The average molecular weight is 398 g/mol. The fraction of sp³-hybridized carbons (Fsp3) is 0.562. The Morgan fingerprint density at radius 2 is 1.95 bits per heavy atom. The molecule has 5 heteroatoms. The maximum absolute atomic E-state index is 11.9. The zero-order valence-corrected chi connectivity index (χ0v) is 14.1. The van der Waals surface area contributed by atoms with E-state index in [0.29, 0.717) is 6.54 Å². The van der Waals surface area contributed by atoms with Crippen LogP contribution in [-0.4, -0.2) is 32.2 Å². The first kappa shape index (κ1) is 13.8. The van der Waals surface area contributed by atoms with Gasteiger partial charge in [0.05, 0.1) is 18.9 Å². The van der Waals surface area contributed by atoms with E-state index in [9.17, 15) is 4.79 Å². The van der Waals surface area contributed by atoms with Gasteiger partial charge in [0.15, 0.2) is 0 Å².